The molecule has 0 radical (unpaired) electrons. The molecule has 0 bridgehead atoms. The molecule has 2 heterocycles. The molecule has 0 saturated carbocycles. The Morgan fingerprint density at radius 3 is 2.41 bits per heavy atom. The summed E-state index contributed by atoms with van der Waals surface area (Å²) < 4.78 is 33.2. The van der Waals surface area contributed by atoms with Gasteiger partial charge in [0, 0.05) is 18.2 Å². The van der Waals surface area contributed by atoms with Gasteiger partial charge in [0.25, 0.3) is 0 Å². The first kappa shape index (κ1) is 19.5. The van der Waals surface area contributed by atoms with E-state index < -0.39 is 0 Å². The monoisotopic (exact) mass is 400 g/mol. The number of methoxy groups -OCH3 is 3. The van der Waals surface area contributed by atoms with Gasteiger partial charge in [0.05, 0.1) is 45.0 Å². The zero-order chi connectivity index (χ0) is 20.4. The maximum absolute atomic E-state index is 11.8. The summed E-state index contributed by atoms with van der Waals surface area (Å²) in [7, 11) is 4.85. The summed E-state index contributed by atoms with van der Waals surface area (Å²) >= 11 is 0. The molecular formula is C22H24O7. The standard InChI is InChI=1S/C22H24O7/c1-24-10-22(11-27-12-22)13-29-19-16(6-7-18(25-2)20(19)26-3)14-4-5-17-15(8-14)9-28-21(17)23/h4-8H,9-13H2,1-3H3. The van der Waals surface area contributed by atoms with E-state index >= 15 is 0 Å². The number of esters is 1. The van der Waals surface area contributed by atoms with Crippen molar-refractivity contribution in [1.82, 2.24) is 0 Å². The molecule has 2 aliphatic rings. The average molecular weight is 400 g/mol. The largest absolute Gasteiger partial charge is 0.493 e. The fraction of sp³-hybridized carbons (Fsp3) is 0.409. The fourth-order valence-corrected chi connectivity index (χ4v) is 3.70. The number of fused-ring (bicyclic) bond motifs is 1. The number of carbonyl (C=O) groups excluding carboxylic acids is 1. The van der Waals surface area contributed by atoms with Gasteiger partial charge in [-0.1, -0.05) is 6.07 Å². The van der Waals surface area contributed by atoms with Gasteiger partial charge in [0.2, 0.25) is 5.75 Å². The molecule has 7 nitrogen and oxygen atoms in total. The van der Waals surface area contributed by atoms with Crippen LogP contribution in [0.5, 0.6) is 17.2 Å². The van der Waals surface area contributed by atoms with Gasteiger partial charge in [-0.3, -0.25) is 0 Å². The zero-order valence-corrected chi connectivity index (χ0v) is 16.8. The second-order valence-corrected chi connectivity index (χ2v) is 7.34. The van der Waals surface area contributed by atoms with E-state index in [1.807, 2.05) is 24.3 Å². The minimum Gasteiger partial charge on any atom is -0.493 e. The van der Waals surface area contributed by atoms with Gasteiger partial charge in [-0.2, -0.15) is 0 Å². The lowest BCUT2D eigenvalue weighted by Gasteiger charge is -2.40. The highest BCUT2D eigenvalue weighted by atomic mass is 16.6. The molecule has 2 aliphatic heterocycles. The second-order valence-electron chi connectivity index (χ2n) is 7.34. The number of ether oxygens (including phenoxy) is 6. The Bertz CT molecular complexity index is 918. The molecule has 0 N–H and O–H groups in total. The number of cyclic esters (lactones) is 1. The van der Waals surface area contributed by atoms with Crippen molar-refractivity contribution in [2.75, 3.05) is 47.8 Å². The quantitative estimate of drug-likeness (QED) is 0.631. The molecule has 29 heavy (non-hydrogen) atoms. The van der Waals surface area contributed by atoms with Crippen LogP contribution in [-0.4, -0.2) is 53.7 Å². The van der Waals surface area contributed by atoms with Crippen molar-refractivity contribution in [3.8, 4) is 28.4 Å². The molecule has 0 atom stereocenters. The van der Waals surface area contributed by atoms with Gasteiger partial charge in [0.1, 0.15) is 13.2 Å². The summed E-state index contributed by atoms with van der Waals surface area (Å²) in [5, 5.41) is 0. The SMILES string of the molecule is COCC1(COc2c(-c3ccc4c(c3)COC4=O)ccc(OC)c2OC)COC1. The summed E-state index contributed by atoms with van der Waals surface area (Å²) in [5.74, 6) is 1.39. The van der Waals surface area contributed by atoms with Crippen LogP contribution >= 0.6 is 0 Å². The van der Waals surface area contributed by atoms with Crippen LogP contribution in [0.1, 0.15) is 15.9 Å². The Hall–Kier alpha value is -2.77. The number of benzene rings is 2. The van der Waals surface area contributed by atoms with Gasteiger partial charge in [-0.05, 0) is 29.8 Å². The molecule has 1 fully saturated rings. The number of hydrogen-bond acceptors (Lipinski definition) is 7. The smallest absolute Gasteiger partial charge is 0.338 e. The highest BCUT2D eigenvalue weighted by Gasteiger charge is 2.40. The van der Waals surface area contributed by atoms with Crippen LogP contribution in [0, 0.1) is 5.41 Å². The third kappa shape index (κ3) is 3.52. The highest BCUT2D eigenvalue weighted by Crippen LogP contribution is 2.46. The lowest BCUT2D eigenvalue weighted by atomic mass is 9.88. The van der Waals surface area contributed by atoms with E-state index in [9.17, 15) is 4.79 Å². The molecule has 0 aromatic heterocycles. The van der Waals surface area contributed by atoms with Crippen molar-refractivity contribution in [1.29, 1.82) is 0 Å². The molecule has 2 aromatic rings. The van der Waals surface area contributed by atoms with Gasteiger partial charge < -0.3 is 28.4 Å². The highest BCUT2D eigenvalue weighted by molar-refractivity contribution is 5.94. The number of carbonyl (C=O) groups is 1. The van der Waals surface area contributed by atoms with Gasteiger partial charge in [0.15, 0.2) is 11.5 Å². The van der Waals surface area contributed by atoms with Crippen LogP contribution < -0.4 is 14.2 Å². The summed E-state index contributed by atoms with van der Waals surface area (Å²) in [6.07, 6.45) is 0. The van der Waals surface area contributed by atoms with Crippen molar-refractivity contribution >= 4 is 5.97 Å². The van der Waals surface area contributed by atoms with Crippen LogP contribution in [0.25, 0.3) is 11.1 Å². The van der Waals surface area contributed by atoms with Gasteiger partial charge in [-0.15, -0.1) is 0 Å². The molecule has 154 valence electrons. The molecular weight excluding hydrogens is 376 g/mol. The first-order valence-corrected chi connectivity index (χ1v) is 9.36. The van der Waals surface area contributed by atoms with Crippen molar-refractivity contribution in [3.05, 3.63) is 41.5 Å². The maximum Gasteiger partial charge on any atom is 0.338 e. The van der Waals surface area contributed by atoms with Crippen LogP contribution in [0.2, 0.25) is 0 Å². The van der Waals surface area contributed by atoms with E-state index in [4.69, 9.17) is 28.4 Å². The predicted octanol–water partition coefficient (Wildman–Crippen LogP) is 3.08. The normalized spacial score (nSPS) is 16.6. The molecule has 7 heteroatoms. The predicted molar refractivity (Wildman–Crippen MR) is 105 cm³/mol. The van der Waals surface area contributed by atoms with E-state index in [2.05, 4.69) is 0 Å². The Kier molecular flexibility index (Phi) is 5.34. The first-order valence-electron chi connectivity index (χ1n) is 9.36. The minimum absolute atomic E-state index is 0.182. The Morgan fingerprint density at radius 1 is 0.966 bits per heavy atom. The summed E-state index contributed by atoms with van der Waals surface area (Å²) in [6, 6.07) is 9.39. The van der Waals surface area contributed by atoms with E-state index in [1.54, 1.807) is 27.4 Å². The van der Waals surface area contributed by atoms with Crippen molar-refractivity contribution < 1.29 is 33.2 Å². The van der Waals surface area contributed by atoms with E-state index in [-0.39, 0.29) is 18.0 Å². The second kappa shape index (κ2) is 7.93. The average Bonchev–Trinajstić information content (AvgIpc) is 3.09. The summed E-state index contributed by atoms with van der Waals surface area (Å²) in [6.45, 7) is 2.41. The zero-order valence-electron chi connectivity index (χ0n) is 16.8. The third-order valence-corrected chi connectivity index (χ3v) is 5.28. The van der Waals surface area contributed by atoms with Crippen LogP contribution in [0.4, 0.5) is 0 Å². The Labute approximate surface area is 169 Å². The lowest BCUT2D eigenvalue weighted by Crippen LogP contribution is -2.50. The molecule has 0 unspecified atom stereocenters. The van der Waals surface area contributed by atoms with Gasteiger partial charge >= 0.3 is 5.97 Å². The minimum atomic E-state index is -0.290. The van der Waals surface area contributed by atoms with E-state index in [0.29, 0.717) is 49.2 Å². The Morgan fingerprint density at radius 2 is 1.76 bits per heavy atom. The van der Waals surface area contributed by atoms with Crippen LogP contribution in [0.15, 0.2) is 30.3 Å². The molecule has 0 aliphatic carbocycles. The molecule has 0 spiro atoms. The first-order chi connectivity index (χ1) is 14.1. The molecule has 0 amide bonds. The van der Waals surface area contributed by atoms with E-state index in [0.717, 1.165) is 16.7 Å². The van der Waals surface area contributed by atoms with E-state index in [1.165, 1.54) is 0 Å². The summed E-state index contributed by atoms with van der Waals surface area (Å²) in [5.41, 5.74) is 3.03. The van der Waals surface area contributed by atoms with Crippen molar-refractivity contribution in [3.63, 3.8) is 0 Å². The van der Waals surface area contributed by atoms with Crippen LogP contribution in [0.3, 0.4) is 0 Å². The summed E-state index contributed by atoms with van der Waals surface area (Å²) in [4.78, 5) is 11.8. The van der Waals surface area contributed by atoms with Gasteiger partial charge in [-0.25, -0.2) is 4.79 Å². The van der Waals surface area contributed by atoms with Crippen molar-refractivity contribution in [2.24, 2.45) is 5.41 Å². The topological polar surface area (TPSA) is 72.5 Å². The molecule has 2 aromatic carbocycles. The van der Waals surface area contributed by atoms with Crippen LogP contribution in [-0.2, 0) is 20.8 Å². The number of hydrogen-bond donors (Lipinski definition) is 0. The maximum atomic E-state index is 11.8. The fourth-order valence-electron chi connectivity index (χ4n) is 3.70. The lowest BCUT2D eigenvalue weighted by molar-refractivity contribution is -0.159. The number of rotatable bonds is 8. The Balaban J connectivity index is 1.73. The molecule has 1 saturated heterocycles. The van der Waals surface area contributed by atoms with Crippen molar-refractivity contribution in [2.45, 2.75) is 6.61 Å². The molecule has 4 rings (SSSR count). The third-order valence-electron chi connectivity index (χ3n) is 5.28.